The van der Waals surface area contributed by atoms with Crippen LogP contribution >= 0.6 is 0 Å². The number of carboxylic acids is 1. The van der Waals surface area contributed by atoms with Crippen LogP contribution in [0.1, 0.15) is 67.0 Å². The maximum Gasteiger partial charge on any atom is 0.328 e. The molecule has 0 spiro atoms. The number of carboxylic acid groups (broad SMARTS) is 1. The van der Waals surface area contributed by atoms with Crippen molar-refractivity contribution in [2.24, 2.45) is 5.92 Å². The maximum atomic E-state index is 15.3. The van der Waals surface area contributed by atoms with Gasteiger partial charge in [0.15, 0.2) is 6.23 Å². The predicted molar refractivity (Wildman–Crippen MR) is 151 cm³/mol. The maximum absolute atomic E-state index is 15.3. The van der Waals surface area contributed by atoms with Crippen LogP contribution < -0.4 is 0 Å². The second-order valence-corrected chi connectivity index (χ2v) is 10.4. The van der Waals surface area contributed by atoms with Gasteiger partial charge < -0.3 is 9.84 Å². The molecule has 6 heteroatoms. The fraction of sp³-hybridized carbons (Fsp3) is 0.273. The molecule has 5 nitrogen and oxygen atoms in total. The molecule has 1 aromatic heterocycles. The Morgan fingerprint density at radius 2 is 1.69 bits per heavy atom. The Morgan fingerprint density at radius 3 is 2.36 bits per heavy atom. The molecule has 3 aromatic carbocycles. The van der Waals surface area contributed by atoms with Crippen molar-refractivity contribution in [2.75, 3.05) is 6.61 Å². The Morgan fingerprint density at radius 1 is 0.923 bits per heavy atom. The predicted octanol–water partition coefficient (Wildman–Crippen LogP) is 7.73. The molecule has 39 heavy (non-hydrogen) atoms. The van der Waals surface area contributed by atoms with E-state index in [1.54, 1.807) is 10.8 Å². The highest BCUT2D eigenvalue weighted by atomic mass is 19.1. The van der Waals surface area contributed by atoms with Crippen LogP contribution in [0.2, 0.25) is 0 Å². The highest BCUT2D eigenvalue weighted by Gasteiger charge is 2.28. The largest absolute Gasteiger partial charge is 0.478 e. The number of rotatable bonds is 7. The minimum absolute atomic E-state index is 0.243. The highest BCUT2D eigenvalue weighted by Crippen LogP contribution is 2.45. The van der Waals surface area contributed by atoms with Gasteiger partial charge in [-0.05, 0) is 89.6 Å². The van der Waals surface area contributed by atoms with E-state index in [2.05, 4.69) is 35.4 Å². The number of aliphatic carboxylic acids is 1. The average Bonchev–Trinajstić information content (AvgIpc) is 3.28. The summed E-state index contributed by atoms with van der Waals surface area (Å²) in [5.41, 5.74) is 6.99. The zero-order valence-corrected chi connectivity index (χ0v) is 21.7. The van der Waals surface area contributed by atoms with Crippen molar-refractivity contribution < 1.29 is 19.0 Å². The van der Waals surface area contributed by atoms with Gasteiger partial charge in [-0.25, -0.2) is 9.48 Å². The smallest absolute Gasteiger partial charge is 0.328 e. The Labute approximate surface area is 227 Å². The zero-order chi connectivity index (χ0) is 26.8. The summed E-state index contributed by atoms with van der Waals surface area (Å²) in [5.74, 6) is -1.06. The monoisotopic (exact) mass is 522 g/mol. The second kappa shape index (κ2) is 11.0. The summed E-state index contributed by atoms with van der Waals surface area (Å²) in [5, 5.41) is 13.8. The molecule has 0 amide bonds. The Balaban J connectivity index is 1.52. The van der Waals surface area contributed by atoms with E-state index in [4.69, 9.17) is 9.84 Å². The molecular weight excluding hydrogens is 491 g/mol. The molecule has 0 radical (unpaired) electrons. The molecule has 198 valence electrons. The van der Waals surface area contributed by atoms with Crippen LogP contribution in [0.15, 0.2) is 78.9 Å². The van der Waals surface area contributed by atoms with Gasteiger partial charge in [0.1, 0.15) is 0 Å². The molecule has 6 rings (SSSR count). The number of halogens is 1. The van der Waals surface area contributed by atoms with Crippen molar-refractivity contribution >= 4 is 34.1 Å². The van der Waals surface area contributed by atoms with Crippen LogP contribution in [0.3, 0.4) is 0 Å². The van der Waals surface area contributed by atoms with E-state index in [9.17, 15) is 4.79 Å². The fourth-order valence-corrected chi connectivity index (χ4v) is 5.70. The molecule has 2 aliphatic rings. The second-order valence-electron chi connectivity index (χ2n) is 10.4. The molecule has 2 fully saturated rings. The van der Waals surface area contributed by atoms with Gasteiger partial charge in [-0.3, -0.25) is 0 Å². The minimum Gasteiger partial charge on any atom is -0.478 e. The summed E-state index contributed by atoms with van der Waals surface area (Å²) < 4.78 is 22.9. The van der Waals surface area contributed by atoms with Crippen molar-refractivity contribution in [3.8, 4) is 0 Å². The lowest BCUT2D eigenvalue weighted by atomic mass is 9.73. The van der Waals surface area contributed by atoms with E-state index >= 15 is 4.39 Å². The van der Waals surface area contributed by atoms with Gasteiger partial charge in [-0.1, -0.05) is 67.1 Å². The van der Waals surface area contributed by atoms with Crippen LogP contribution in [0.25, 0.3) is 28.1 Å². The first-order valence-electron chi connectivity index (χ1n) is 13.7. The van der Waals surface area contributed by atoms with Crippen molar-refractivity contribution in [1.82, 2.24) is 9.78 Å². The molecule has 1 aliphatic heterocycles. The summed E-state index contributed by atoms with van der Waals surface area (Å²) in [6.07, 6.45) is 8.78. The molecule has 4 aromatic rings. The number of benzene rings is 3. The molecule has 1 N–H and O–H groups in total. The van der Waals surface area contributed by atoms with Crippen molar-refractivity contribution in [3.63, 3.8) is 0 Å². The average molecular weight is 523 g/mol. The summed E-state index contributed by atoms with van der Waals surface area (Å²) in [4.78, 5) is 11.0. The Hall–Kier alpha value is -4.03. The summed E-state index contributed by atoms with van der Waals surface area (Å²) in [7, 11) is 0. The molecule has 1 saturated heterocycles. The molecule has 1 saturated carbocycles. The third-order valence-corrected chi connectivity index (χ3v) is 7.86. The van der Waals surface area contributed by atoms with Crippen LogP contribution in [-0.2, 0) is 9.53 Å². The van der Waals surface area contributed by atoms with Gasteiger partial charge in [0.2, 0.25) is 5.95 Å². The highest BCUT2D eigenvalue weighted by molar-refractivity contribution is 6.01. The van der Waals surface area contributed by atoms with E-state index in [1.807, 2.05) is 42.5 Å². The number of hydrogen-bond donors (Lipinski definition) is 1. The SMILES string of the molecule is O=C(O)C=Cc1ccc(C(=C(c2ccccc2)C2CCC2)c2ccc3c(c2)c(F)nn3C2CCCCO2)cc1. The van der Waals surface area contributed by atoms with E-state index in [-0.39, 0.29) is 6.23 Å². The Bertz CT molecular complexity index is 1540. The number of hydrogen-bond acceptors (Lipinski definition) is 3. The van der Waals surface area contributed by atoms with Gasteiger partial charge in [0.25, 0.3) is 0 Å². The quantitative estimate of drug-likeness (QED) is 0.199. The topological polar surface area (TPSA) is 64.3 Å². The zero-order valence-electron chi connectivity index (χ0n) is 21.7. The molecule has 1 aliphatic carbocycles. The van der Waals surface area contributed by atoms with Crippen molar-refractivity contribution in [3.05, 3.63) is 107 Å². The standard InChI is InChI=1S/C33H31FN2O3/c34-33-27-21-26(17-18-28(27)36(35-33)29-11-4-5-20-39-29)32(25-15-12-22(13-16-25)14-19-30(37)38)31(24-9-6-10-24)23-7-2-1-3-8-23/h1-3,7-8,12-19,21,24,29H,4-6,9-11,20H2,(H,37,38). The number of carbonyl (C=O) groups is 1. The fourth-order valence-electron chi connectivity index (χ4n) is 5.70. The van der Waals surface area contributed by atoms with Gasteiger partial charge >= 0.3 is 5.97 Å². The van der Waals surface area contributed by atoms with Crippen LogP contribution in [0.5, 0.6) is 0 Å². The van der Waals surface area contributed by atoms with Gasteiger partial charge in [-0.15, -0.1) is 5.10 Å². The third kappa shape index (κ3) is 5.17. The first-order valence-corrected chi connectivity index (χ1v) is 13.7. The molecule has 0 bridgehead atoms. The normalized spacial score (nSPS) is 18.7. The lowest BCUT2D eigenvalue weighted by Crippen LogP contribution is -2.19. The summed E-state index contributed by atoms with van der Waals surface area (Å²) in [6, 6.07) is 24.3. The molecular formula is C33H31FN2O3. The van der Waals surface area contributed by atoms with Crippen LogP contribution in [-0.4, -0.2) is 27.5 Å². The van der Waals surface area contributed by atoms with Crippen molar-refractivity contribution in [1.29, 1.82) is 0 Å². The molecule has 1 unspecified atom stereocenters. The van der Waals surface area contributed by atoms with E-state index in [1.165, 1.54) is 17.6 Å². The number of allylic oxidation sites excluding steroid dienone is 1. The van der Waals surface area contributed by atoms with E-state index < -0.39 is 11.9 Å². The van der Waals surface area contributed by atoms with Crippen LogP contribution in [0, 0.1) is 11.9 Å². The lowest BCUT2D eigenvalue weighted by molar-refractivity contribution is -0.131. The van der Waals surface area contributed by atoms with E-state index in [0.717, 1.165) is 66.0 Å². The third-order valence-electron chi connectivity index (χ3n) is 7.86. The van der Waals surface area contributed by atoms with Gasteiger partial charge in [-0.2, -0.15) is 4.39 Å². The number of aromatic nitrogens is 2. The van der Waals surface area contributed by atoms with Crippen molar-refractivity contribution in [2.45, 2.75) is 44.8 Å². The summed E-state index contributed by atoms with van der Waals surface area (Å²) >= 11 is 0. The first kappa shape index (κ1) is 25.3. The Kier molecular flexibility index (Phi) is 7.12. The molecule has 2 heterocycles. The number of ether oxygens (including phenoxy) is 1. The van der Waals surface area contributed by atoms with Gasteiger partial charge in [0, 0.05) is 12.7 Å². The number of fused-ring (bicyclic) bond motifs is 1. The number of nitrogens with zero attached hydrogens (tertiary/aromatic N) is 2. The lowest BCUT2D eigenvalue weighted by Gasteiger charge is -2.31. The molecule has 1 atom stereocenters. The van der Waals surface area contributed by atoms with Crippen LogP contribution in [0.4, 0.5) is 4.39 Å². The van der Waals surface area contributed by atoms with Gasteiger partial charge in [0.05, 0.1) is 10.9 Å². The van der Waals surface area contributed by atoms with E-state index in [0.29, 0.717) is 17.9 Å². The first-order chi connectivity index (χ1) is 19.1. The summed E-state index contributed by atoms with van der Waals surface area (Å²) in [6.45, 7) is 0.665. The minimum atomic E-state index is -0.981.